The first-order valence-corrected chi connectivity index (χ1v) is 16.3. The second kappa shape index (κ2) is 11.8. The van der Waals surface area contributed by atoms with Gasteiger partial charge in [-0.05, 0) is 54.0 Å². The Morgan fingerprint density at radius 2 is 1.77 bits per heavy atom. The van der Waals surface area contributed by atoms with Gasteiger partial charge in [-0.2, -0.15) is 0 Å². The van der Waals surface area contributed by atoms with E-state index in [1.807, 2.05) is 0 Å². The first-order valence-electron chi connectivity index (χ1n) is 15.6. The number of halogens is 3. The van der Waals surface area contributed by atoms with E-state index in [0.29, 0.717) is 35.8 Å². The van der Waals surface area contributed by atoms with E-state index in [1.54, 1.807) is 35.2 Å². The van der Waals surface area contributed by atoms with Crippen molar-refractivity contribution in [1.29, 1.82) is 0 Å². The van der Waals surface area contributed by atoms with Gasteiger partial charge in [0.1, 0.15) is 11.2 Å². The normalized spacial score (nSPS) is 27.2. The number of nitrogens with zero attached hydrogens (tertiary/aromatic N) is 1. The van der Waals surface area contributed by atoms with Crippen LogP contribution < -0.4 is 21.3 Å². The lowest BCUT2D eigenvalue weighted by molar-refractivity contribution is -0.125. The molecule has 0 bridgehead atoms. The van der Waals surface area contributed by atoms with Crippen LogP contribution in [0.3, 0.4) is 0 Å². The van der Waals surface area contributed by atoms with Crippen LogP contribution in [-0.4, -0.2) is 60.0 Å². The van der Waals surface area contributed by atoms with E-state index in [1.165, 1.54) is 12.5 Å². The van der Waals surface area contributed by atoms with Crippen molar-refractivity contribution in [3.63, 3.8) is 0 Å². The Bertz CT molecular complexity index is 1470. The second-order valence-electron chi connectivity index (χ2n) is 14.0. The molecule has 4 N–H and O–H groups in total. The molecule has 0 unspecified atom stereocenters. The monoisotopic (exact) mass is 643 g/mol. The number of hydrogen-bond donors (Lipinski definition) is 4. The molecule has 4 atom stereocenters. The van der Waals surface area contributed by atoms with Gasteiger partial charge in [0.05, 0.1) is 17.1 Å². The van der Waals surface area contributed by atoms with Crippen LogP contribution in [0.1, 0.15) is 76.3 Å². The van der Waals surface area contributed by atoms with Gasteiger partial charge in [0, 0.05) is 41.8 Å². The van der Waals surface area contributed by atoms with Crippen molar-refractivity contribution < 1.29 is 18.8 Å². The molecule has 3 heterocycles. The third-order valence-corrected chi connectivity index (χ3v) is 10.2. The fraction of sp³-hybridized carbons (Fsp3) is 0.545. The molecule has 0 radical (unpaired) electrons. The molecule has 3 aliphatic heterocycles. The van der Waals surface area contributed by atoms with Crippen LogP contribution in [0, 0.1) is 11.2 Å². The average Bonchev–Trinajstić information content (AvgIpc) is 3.41. The minimum Gasteiger partial charge on any atom is -0.348 e. The van der Waals surface area contributed by atoms with Crippen LogP contribution in [0.5, 0.6) is 0 Å². The van der Waals surface area contributed by atoms with Crippen LogP contribution in [0.25, 0.3) is 0 Å². The Kier molecular flexibility index (Phi) is 8.35. The summed E-state index contributed by atoms with van der Waals surface area (Å²) in [6, 6.07) is 8.30. The molecule has 1 saturated carbocycles. The van der Waals surface area contributed by atoms with Crippen molar-refractivity contribution in [1.82, 2.24) is 20.9 Å². The summed E-state index contributed by atoms with van der Waals surface area (Å²) < 4.78 is 15.9. The molecule has 44 heavy (non-hydrogen) atoms. The standard InChI is InChI=1S/C33H40Cl2FN5O3/c1-32(2,3)15-25-33(22-13-12-18(34)14-24(22)39-30(33)43)26(21-10-7-11-23(35)27(21)36)28(40-25)29(42)37-20-16-41(17-20)31(44)38-19-8-5-4-6-9-19/h7,10-14,19-20,25-26,28,40H,4-6,8-9,15-17H2,1-3H3,(H,37,42)(H,38,44)(H,39,43)/t25-,26+,28-,33+/m1/s1. The highest BCUT2D eigenvalue weighted by atomic mass is 35.5. The number of carbonyl (C=O) groups excluding carboxylic acids is 3. The number of likely N-dealkylation sites (tertiary alicyclic amines) is 1. The SMILES string of the molecule is CC(C)(C)C[C@H]1N[C@@H](C(=O)NC2CN(C(=O)NC3CCCCC3)C2)[C@H](c2cccc(Cl)c2F)[C@@]12C(=O)Nc1cc(Cl)ccc12. The quantitative estimate of drug-likeness (QED) is 0.334. The Morgan fingerprint density at radius 3 is 2.48 bits per heavy atom. The predicted molar refractivity (Wildman–Crippen MR) is 170 cm³/mol. The van der Waals surface area contributed by atoms with Gasteiger partial charge < -0.3 is 26.2 Å². The molecule has 6 rings (SSSR count). The van der Waals surface area contributed by atoms with Crippen LogP contribution in [0.2, 0.25) is 10.0 Å². The smallest absolute Gasteiger partial charge is 0.317 e. The van der Waals surface area contributed by atoms with Crippen molar-refractivity contribution in [3.8, 4) is 0 Å². The lowest BCUT2D eigenvalue weighted by atomic mass is 9.62. The van der Waals surface area contributed by atoms with E-state index in [9.17, 15) is 14.4 Å². The minimum absolute atomic E-state index is 0.0792. The molecular formula is C33H40Cl2FN5O3. The summed E-state index contributed by atoms with van der Waals surface area (Å²) in [7, 11) is 0. The number of anilines is 1. The van der Waals surface area contributed by atoms with Crippen LogP contribution >= 0.6 is 23.2 Å². The van der Waals surface area contributed by atoms with Crippen LogP contribution in [0.4, 0.5) is 14.9 Å². The largest absolute Gasteiger partial charge is 0.348 e. The fourth-order valence-corrected chi connectivity index (χ4v) is 8.05. The number of rotatable bonds is 5. The molecule has 2 saturated heterocycles. The lowest BCUT2D eigenvalue weighted by Crippen LogP contribution is -2.65. The molecule has 4 aliphatic rings. The number of hydrogen-bond acceptors (Lipinski definition) is 4. The molecule has 1 spiro atoms. The topological polar surface area (TPSA) is 103 Å². The molecule has 2 aromatic carbocycles. The predicted octanol–water partition coefficient (Wildman–Crippen LogP) is 5.73. The zero-order valence-corrected chi connectivity index (χ0v) is 26.8. The van der Waals surface area contributed by atoms with Gasteiger partial charge in [0.25, 0.3) is 0 Å². The van der Waals surface area contributed by atoms with Gasteiger partial charge in [0.15, 0.2) is 0 Å². The highest BCUT2D eigenvalue weighted by Crippen LogP contribution is 2.57. The first kappa shape index (κ1) is 31.1. The van der Waals surface area contributed by atoms with Gasteiger partial charge in [-0.3, -0.25) is 9.59 Å². The first-order chi connectivity index (χ1) is 20.9. The van der Waals surface area contributed by atoms with E-state index in [-0.39, 0.29) is 45.9 Å². The van der Waals surface area contributed by atoms with Gasteiger partial charge >= 0.3 is 6.03 Å². The summed E-state index contributed by atoms with van der Waals surface area (Å²) in [6.07, 6.45) is 5.98. The minimum atomic E-state index is -1.31. The van der Waals surface area contributed by atoms with Gasteiger partial charge in [-0.1, -0.05) is 81.4 Å². The summed E-state index contributed by atoms with van der Waals surface area (Å²) in [5, 5.41) is 13.1. The summed E-state index contributed by atoms with van der Waals surface area (Å²) in [4.78, 5) is 42.9. The molecule has 2 aromatic rings. The maximum atomic E-state index is 15.9. The summed E-state index contributed by atoms with van der Waals surface area (Å²) in [5.41, 5.74) is -0.130. The molecule has 8 nitrogen and oxygen atoms in total. The van der Waals surface area contributed by atoms with Crippen molar-refractivity contribution in [2.45, 2.75) is 94.8 Å². The van der Waals surface area contributed by atoms with E-state index in [2.05, 4.69) is 42.0 Å². The van der Waals surface area contributed by atoms with E-state index in [0.717, 1.165) is 25.7 Å². The lowest BCUT2D eigenvalue weighted by Gasteiger charge is -2.41. The highest BCUT2D eigenvalue weighted by Gasteiger charge is 2.66. The second-order valence-corrected chi connectivity index (χ2v) is 14.8. The van der Waals surface area contributed by atoms with E-state index in [4.69, 9.17) is 23.2 Å². The number of amides is 4. The molecule has 1 aliphatic carbocycles. The third kappa shape index (κ3) is 5.56. The number of carbonyl (C=O) groups is 3. The average molecular weight is 645 g/mol. The van der Waals surface area contributed by atoms with Crippen molar-refractivity contribution in [3.05, 3.63) is 63.4 Å². The van der Waals surface area contributed by atoms with E-state index < -0.39 is 29.2 Å². The number of fused-ring (bicyclic) bond motifs is 2. The number of benzene rings is 2. The zero-order chi connectivity index (χ0) is 31.4. The van der Waals surface area contributed by atoms with Crippen LogP contribution in [-0.2, 0) is 15.0 Å². The van der Waals surface area contributed by atoms with Crippen molar-refractivity contribution in [2.75, 3.05) is 18.4 Å². The zero-order valence-electron chi connectivity index (χ0n) is 25.3. The van der Waals surface area contributed by atoms with Gasteiger partial charge in [-0.15, -0.1) is 0 Å². The van der Waals surface area contributed by atoms with Crippen molar-refractivity contribution in [2.24, 2.45) is 5.41 Å². The molecule has 236 valence electrons. The molecule has 4 amide bonds. The Balaban J connectivity index is 1.31. The molecule has 11 heteroatoms. The summed E-state index contributed by atoms with van der Waals surface area (Å²) in [5.74, 6) is -2.23. The van der Waals surface area contributed by atoms with Gasteiger partial charge in [0.2, 0.25) is 11.8 Å². The van der Waals surface area contributed by atoms with Gasteiger partial charge in [-0.25, -0.2) is 9.18 Å². The third-order valence-electron chi connectivity index (χ3n) is 9.67. The summed E-state index contributed by atoms with van der Waals surface area (Å²) in [6.45, 7) is 6.97. The Hall–Kier alpha value is -2.88. The Labute approximate surface area is 267 Å². The highest BCUT2D eigenvalue weighted by molar-refractivity contribution is 6.31. The Morgan fingerprint density at radius 1 is 1.05 bits per heavy atom. The number of urea groups is 1. The fourth-order valence-electron chi connectivity index (χ4n) is 7.69. The summed E-state index contributed by atoms with van der Waals surface area (Å²) >= 11 is 12.6. The molecule has 3 fully saturated rings. The molecular weight excluding hydrogens is 604 g/mol. The maximum Gasteiger partial charge on any atom is 0.317 e. The maximum absolute atomic E-state index is 15.9. The number of nitrogens with one attached hydrogen (secondary N) is 4. The van der Waals surface area contributed by atoms with E-state index >= 15 is 4.39 Å². The van der Waals surface area contributed by atoms with Crippen LogP contribution in [0.15, 0.2) is 36.4 Å². The van der Waals surface area contributed by atoms with Crippen molar-refractivity contribution >= 4 is 46.7 Å². The molecule has 0 aromatic heterocycles.